The molecule has 0 radical (unpaired) electrons. The summed E-state index contributed by atoms with van der Waals surface area (Å²) in [6.45, 7) is 7.05. The SMILES string of the molecule is Cc1cc(N2CCn3cccc3C2)cc(C)c1NC=O. The molecule has 20 heavy (non-hydrogen) atoms. The predicted octanol–water partition coefficient (Wildman–Crippen LogP) is 2.69. The number of benzene rings is 1. The zero-order chi connectivity index (χ0) is 14.1. The van der Waals surface area contributed by atoms with Gasteiger partial charge in [-0.3, -0.25) is 4.79 Å². The van der Waals surface area contributed by atoms with Gasteiger partial charge in [-0.25, -0.2) is 0 Å². The lowest BCUT2D eigenvalue weighted by atomic mass is 10.1. The molecule has 1 aliphatic heterocycles. The molecule has 1 aliphatic rings. The fraction of sp³-hybridized carbons (Fsp3) is 0.312. The van der Waals surface area contributed by atoms with Crippen molar-refractivity contribution in [2.24, 2.45) is 0 Å². The highest BCUT2D eigenvalue weighted by atomic mass is 16.1. The van der Waals surface area contributed by atoms with Crippen molar-refractivity contribution < 1.29 is 4.79 Å². The van der Waals surface area contributed by atoms with Gasteiger partial charge in [-0.1, -0.05) is 0 Å². The minimum atomic E-state index is 0.739. The molecule has 4 heteroatoms. The number of hydrogen-bond acceptors (Lipinski definition) is 2. The number of hydrogen-bond donors (Lipinski definition) is 1. The van der Waals surface area contributed by atoms with Gasteiger partial charge in [0.15, 0.2) is 0 Å². The number of rotatable bonds is 3. The molecule has 2 aromatic rings. The molecular weight excluding hydrogens is 250 g/mol. The van der Waals surface area contributed by atoms with Gasteiger partial charge in [-0.05, 0) is 49.2 Å². The van der Waals surface area contributed by atoms with E-state index in [-0.39, 0.29) is 0 Å². The normalized spacial score (nSPS) is 14.0. The van der Waals surface area contributed by atoms with Crippen LogP contribution >= 0.6 is 0 Å². The van der Waals surface area contributed by atoms with Gasteiger partial charge in [0.25, 0.3) is 0 Å². The maximum atomic E-state index is 10.6. The molecule has 0 saturated carbocycles. The third-order valence-electron chi connectivity index (χ3n) is 3.97. The highest BCUT2D eigenvalue weighted by Crippen LogP contribution is 2.29. The lowest BCUT2D eigenvalue weighted by molar-refractivity contribution is -0.105. The molecular formula is C16H19N3O. The molecule has 3 rings (SSSR count). The summed E-state index contributed by atoms with van der Waals surface area (Å²) in [4.78, 5) is 13.0. The molecule has 0 atom stereocenters. The third kappa shape index (κ3) is 2.18. The second-order valence-electron chi connectivity index (χ2n) is 5.33. The summed E-state index contributed by atoms with van der Waals surface area (Å²) in [6.07, 6.45) is 2.88. The van der Waals surface area contributed by atoms with Crippen LogP contribution in [0.2, 0.25) is 0 Å². The number of anilines is 2. The lowest BCUT2D eigenvalue weighted by Crippen LogP contribution is -2.33. The predicted molar refractivity (Wildman–Crippen MR) is 81.1 cm³/mol. The fourth-order valence-electron chi connectivity index (χ4n) is 2.94. The Hall–Kier alpha value is -2.23. The Labute approximate surface area is 119 Å². The van der Waals surface area contributed by atoms with Gasteiger partial charge in [0.2, 0.25) is 6.41 Å². The van der Waals surface area contributed by atoms with E-state index in [4.69, 9.17) is 0 Å². The second kappa shape index (κ2) is 5.04. The first-order chi connectivity index (χ1) is 9.69. The van der Waals surface area contributed by atoms with Crippen molar-refractivity contribution in [3.05, 3.63) is 47.3 Å². The average molecular weight is 269 g/mol. The molecule has 2 heterocycles. The van der Waals surface area contributed by atoms with Crippen LogP contribution in [0.5, 0.6) is 0 Å². The molecule has 1 N–H and O–H groups in total. The fourth-order valence-corrected chi connectivity index (χ4v) is 2.94. The molecule has 0 aliphatic carbocycles. The number of nitrogens with one attached hydrogen (secondary N) is 1. The van der Waals surface area contributed by atoms with Crippen LogP contribution < -0.4 is 10.2 Å². The van der Waals surface area contributed by atoms with Crippen LogP contribution in [0, 0.1) is 13.8 Å². The van der Waals surface area contributed by atoms with Gasteiger partial charge < -0.3 is 14.8 Å². The Morgan fingerprint density at radius 2 is 1.95 bits per heavy atom. The van der Waals surface area contributed by atoms with Crippen molar-refractivity contribution in [2.45, 2.75) is 26.9 Å². The van der Waals surface area contributed by atoms with Crippen LogP contribution in [-0.4, -0.2) is 17.5 Å². The van der Waals surface area contributed by atoms with E-state index in [9.17, 15) is 4.79 Å². The van der Waals surface area contributed by atoms with E-state index >= 15 is 0 Å². The standard InChI is InChI=1S/C16H19N3O/c1-12-8-15(9-13(2)16(12)17-11-20)19-7-6-18-5-3-4-14(18)10-19/h3-5,8-9,11H,6-7,10H2,1-2H3,(H,17,20). The maximum absolute atomic E-state index is 10.6. The van der Waals surface area contributed by atoms with Crippen LogP contribution in [0.25, 0.3) is 0 Å². The van der Waals surface area contributed by atoms with Crippen LogP contribution in [0.4, 0.5) is 11.4 Å². The van der Waals surface area contributed by atoms with E-state index in [1.165, 1.54) is 11.4 Å². The number of aromatic nitrogens is 1. The summed E-state index contributed by atoms with van der Waals surface area (Å²) >= 11 is 0. The Morgan fingerprint density at radius 1 is 1.20 bits per heavy atom. The van der Waals surface area contributed by atoms with Crippen LogP contribution in [0.1, 0.15) is 16.8 Å². The first-order valence-electron chi connectivity index (χ1n) is 6.89. The average Bonchev–Trinajstić information content (AvgIpc) is 2.90. The zero-order valence-electron chi connectivity index (χ0n) is 11.9. The molecule has 1 aromatic carbocycles. The van der Waals surface area contributed by atoms with E-state index < -0.39 is 0 Å². The molecule has 0 saturated heterocycles. The highest BCUT2D eigenvalue weighted by Gasteiger charge is 2.17. The minimum absolute atomic E-state index is 0.739. The molecule has 1 aromatic heterocycles. The number of carbonyl (C=O) groups excluding carboxylic acids is 1. The van der Waals surface area contributed by atoms with Gasteiger partial charge in [0.05, 0.1) is 6.54 Å². The van der Waals surface area contributed by atoms with E-state index in [0.29, 0.717) is 0 Å². The Kier molecular flexibility index (Phi) is 3.22. The number of carbonyl (C=O) groups is 1. The first-order valence-corrected chi connectivity index (χ1v) is 6.89. The van der Waals surface area contributed by atoms with Crippen molar-refractivity contribution in [3.63, 3.8) is 0 Å². The first kappa shape index (κ1) is 12.8. The van der Waals surface area contributed by atoms with Gasteiger partial charge in [0.1, 0.15) is 0 Å². The van der Waals surface area contributed by atoms with Crippen molar-refractivity contribution in [3.8, 4) is 0 Å². The summed E-state index contributed by atoms with van der Waals surface area (Å²) in [7, 11) is 0. The number of nitrogens with zero attached hydrogens (tertiary/aromatic N) is 2. The molecule has 0 spiro atoms. The summed E-state index contributed by atoms with van der Waals surface area (Å²) in [5.41, 5.74) is 5.70. The number of aryl methyl sites for hydroxylation is 2. The van der Waals surface area contributed by atoms with E-state index in [2.05, 4.69) is 45.2 Å². The van der Waals surface area contributed by atoms with Crippen LogP contribution in [0.3, 0.4) is 0 Å². The zero-order valence-corrected chi connectivity index (χ0v) is 11.9. The quantitative estimate of drug-likeness (QED) is 0.870. The van der Waals surface area contributed by atoms with Gasteiger partial charge >= 0.3 is 0 Å². The van der Waals surface area contributed by atoms with Crippen LogP contribution in [0.15, 0.2) is 30.5 Å². The Morgan fingerprint density at radius 3 is 2.65 bits per heavy atom. The Bertz CT molecular complexity index is 622. The summed E-state index contributed by atoms with van der Waals surface area (Å²) in [6, 6.07) is 8.58. The smallest absolute Gasteiger partial charge is 0.211 e. The van der Waals surface area contributed by atoms with Crippen molar-refractivity contribution in [1.82, 2.24) is 4.57 Å². The van der Waals surface area contributed by atoms with Crippen LogP contribution in [-0.2, 0) is 17.9 Å². The summed E-state index contributed by atoms with van der Waals surface area (Å²) in [5, 5.41) is 2.78. The molecule has 1 amide bonds. The Balaban J connectivity index is 1.90. The second-order valence-corrected chi connectivity index (χ2v) is 5.33. The summed E-state index contributed by atoms with van der Waals surface area (Å²) < 4.78 is 2.30. The molecule has 0 fully saturated rings. The van der Waals surface area contributed by atoms with E-state index in [1.54, 1.807) is 0 Å². The van der Waals surface area contributed by atoms with E-state index in [0.717, 1.165) is 42.9 Å². The molecule has 0 bridgehead atoms. The van der Waals surface area contributed by atoms with Gasteiger partial charge in [0, 0.05) is 36.4 Å². The third-order valence-corrected chi connectivity index (χ3v) is 3.97. The number of fused-ring (bicyclic) bond motifs is 1. The molecule has 4 nitrogen and oxygen atoms in total. The molecule has 104 valence electrons. The minimum Gasteiger partial charge on any atom is -0.364 e. The summed E-state index contributed by atoms with van der Waals surface area (Å²) in [5.74, 6) is 0. The monoisotopic (exact) mass is 269 g/mol. The largest absolute Gasteiger partial charge is 0.364 e. The maximum Gasteiger partial charge on any atom is 0.211 e. The van der Waals surface area contributed by atoms with E-state index in [1.807, 2.05) is 13.8 Å². The van der Waals surface area contributed by atoms with Crippen molar-refractivity contribution in [1.29, 1.82) is 0 Å². The topological polar surface area (TPSA) is 37.3 Å². The van der Waals surface area contributed by atoms with Gasteiger partial charge in [-0.15, -0.1) is 0 Å². The van der Waals surface area contributed by atoms with Crippen molar-refractivity contribution >= 4 is 17.8 Å². The molecule has 0 unspecified atom stereocenters. The highest BCUT2D eigenvalue weighted by molar-refractivity contribution is 5.77. The van der Waals surface area contributed by atoms with Crippen molar-refractivity contribution in [2.75, 3.05) is 16.8 Å². The lowest BCUT2D eigenvalue weighted by Gasteiger charge is -2.31. The van der Waals surface area contributed by atoms with Gasteiger partial charge in [-0.2, -0.15) is 0 Å². The number of amides is 1.